The lowest BCUT2D eigenvalue weighted by molar-refractivity contribution is -0.142. The van der Waals surface area contributed by atoms with Crippen LogP contribution < -0.4 is 14.8 Å². The Morgan fingerprint density at radius 1 is 1.10 bits per heavy atom. The van der Waals surface area contributed by atoms with Crippen molar-refractivity contribution in [3.8, 4) is 11.5 Å². The second kappa shape index (κ2) is 10.5. The van der Waals surface area contributed by atoms with E-state index < -0.39 is 34.9 Å². The van der Waals surface area contributed by atoms with E-state index in [4.69, 9.17) is 9.47 Å². The number of carbonyl (C=O) groups excluding carboxylic acids is 2. The second-order valence-electron chi connectivity index (χ2n) is 6.07. The van der Waals surface area contributed by atoms with Gasteiger partial charge in [0, 0.05) is 18.0 Å². The molecule has 0 spiro atoms. The highest BCUT2D eigenvalue weighted by molar-refractivity contribution is 7.90. The predicted octanol–water partition coefficient (Wildman–Crippen LogP) is 2.90. The molecule has 2 aromatic carbocycles. The van der Waals surface area contributed by atoms with Crippen molar-refractivity contribution in [2.75, 3.05) is 25.3 Å². The van der Waals surface area contributed by atoms with E-state index in [2.05, 4.69) is 10.1 Å². The molecule has 8 nitrogen and oxygen atoms in total. The number of alkyl halides is 2. The summed E-state index contributed by atoms with van der Waals surface area (Å²) in [6, 6.07) is 9.57. The Balaban J connectivity index is 1.88. The first-order valence-electron chi connectivity index (χ1n) is 8.66. The highest BCUT2D eigenvalue weighted by Gasteiger charge is 2.11. The van der Waals surface area contributed by atoms with E-state index in [9.17, 15) is 26.8 Å². The van der Waals surface area contributed by atoms with Gasteiger partial charge in [-0.25, -0.2) is 13.2 Å². The van der Waals surface area contributed by atoms with E-state index in [1.165, 1.54) is 55.7 Å². The molecule has 0 aromatic heterocycles. The van der Waals surface area contributed by atoms with Gasteiger partial charge in [0.2, 0.25) is 0 Å². The molecule has 0 aliphatic rings. The molecular weight excluding hydrogens is 436 g/mol. The number of esters is 1. The molecule has 166 valence electrons. The molecule has 1 amide bonds. The number of hydrogen-bond acceptors (Lipinski definition) is 7. The summed E-state index contributed by atoms with van der Waals surface area (Å²) in [4.78, 5) is 23.7. The average molecular weight is 455 g/mol. The average Bonchev–Trinajstić information content (AvgIpc) is 2.70. The van der Waals surface area contributed by atoms with E-state index >= 15 is 0 Å². The summed E-state index contributed by atoms with van der Waals surface area (Å²) in [6.07, 6.45) is 3.46. The van der Waals surface area contributed by atoms with Crippen LogP contribution in [-0.2, 0) is 24.2 Å². The van der Waals surface area contributed by atoms with Gasteiger partial charge in [0.05, 0.1) is 12.0 Å². The Hall–Kier alpha value is -3.47. The van der Waals surface area contributed by atoms with Gasteiger partial charge in [-0.1, -0.05) is 6.07 Å². The minimum atomic E-state index is -3.35. The molecule has 0 fully saturated rings. The van der Waals surface area contributed by atoms with E-state index in [0.29, 0.717) is 11.3 Å². The maximum Gasteiger partial charge on any atom is 0.387 e. The zero-order valence-electron chi connectivity index (χ0n) is 16.5. The minimum Gasteiger partial charge on any atom is -0.493 e. The molecule has 0 radical (unpaired) electrons. The highest BCUT2D eigenvalue weighted by Crippen LogP contribution is 2.29. The lowest BCUT2D eigenvalue weighted by atomic mass is 10.2. The first kappa shape index (κ1) is 23.8. The number of nitrogens with one attached hydrogen (secondary N) is 1. The number of amides is 1. The van der Waals surface area contributed by atoms with Crippen LogP contribution in [0.4, 0.5) is 14.5 Å². The number of benzene rings is 2. The van der Waals surface area contributed by atoms with Crippen molar-refractivity contribution in [1.82, 2.24) is 0 Å². The molecule has 31 heavy (non-hydrogen) atoms. The van der Waals surface area contributed by atoms with Crippen LogP contribution in [-0.4, -0.2) is 46.9 Å². The van der Waals surface area contributed by atoms with Crippen LogP contribution >= 0.6 is 0 Å². The molecular formula is C20H19F2NO7S. The largest absolute Gasteiger partial charge is 0.493 e. The Morgan fingerprint density at radius 3 is 2.35 bits per heavy atom. The van der Waals surface area contributed by atoms with Crippen molar-refractivity contribution in [3.05, 3.63) is 54.1 Å². The Kier molecular flexibility index (Phi) is 8.08. The first-order chi connectivity index (χ1) is 14.6. The van der Waals surface area contributed by atoms with Crippen LogP contribution in [0.1, 0.15) is 5.56 Å². The van der Waals surface area contributed by atoms with Crippen LogP contribution in [0.15, 0.2) is 53.4 Å². The third kappa shape index (κ3) is 7.70. The van der Waals surface area contributed by atoms with Gasteiger partial charge in [-0.3, -0.25) is 4.79 Å². The molecule has 2 aromatic rings. The van der Waals surface area contributed by atoms with E-state index in [0.717, 1.165) is 12.3 Å². The minimum absolute atomic E-state index is 0.0529. The maximum atomic E-state index is 12.3. The third-order valence-electron chi connectivity index (χ3n) is 3.73. The summed E-state index contributed by atoms with van der Waals surface area (Å²) in [6.45, 7) is -3.57. The first-order valence-corrected chi connectivity index (χ1v) is 10.6. The van der Waals surface area contributed by atoms with E-state index in [-0.39, 0.29) is 16.4 Å². The Bertz CT molecular complexity index is 1070. The van der Waals surface area contributed by atoms with Gasteiger partial charge in [-0.15, -0.1) is 0 Å². The number of hydrogen-bond donors (Lipinski definition) is 1. The molecule has 2 rings (SSSR count). The fourth-order valence-electron chi connectivity index (χ4n) is 2.31. The molecule has 0 atom stereocenters. The van der Waals surface area contributed by atoms with E-state index in [1.807, 2.05) is 0 Å². The molecule has 0 saturated heterocycles. The van der Waals surface area contributed by atoms with Crippen LogP contribution in [0.2, 0.25) is 0 Å². The van der Waals surface area contributed by atoms with Gasteiger partial charge in [0.15, 0.2) is 27.9 Å². The van der Waals surface area contributed by atoms with Gasteiger partial charge in [-0.05, 0) is 48.0 Å². The number of halogens is 2. The van der Waals surface area contributed by atoms with E-state index in [1.54, 1.807) is 0 Å². The number of anilines is 1. The second-order valence-corrected chi connectivity index (χ2v) is 8.09. The Labute approximate surface area is 177 Å². The zero-order valence-corrected chi connectivity index (χ0v) is 17.3. The predicted molar refractivity (Wildman–Crippen MR) is 108 cm³/mol. The van der Waals surface area contributed by atoms with Crippen LogP contribution in [0.3, 0.4) is 0 Å². The lowest BCUT2D eigenvalue weighted by Gasteiger charge is -2.10. The molecule has 0 aliphatic heterocycles. The molecule has 0 saturated carbocycles. The monoisotopic (exact) mass is 455 g/mol. The summed E-state index contributed by atoms with van der Waals surface area (Å²) in [7, 11) is -2.07. The van der Waals surface area contributed by atoms with Crippen LogP contribution in [0.5, 0.6) is 11.5 Å². The van der Waals surface area contributed by atoms with Crippen molar-refractivity contribution in [3.63, 3.8) is 0 Å². The fourth-order valence-corrected chi connectivity index (χ4v) is 2.94. The van der Waals surface area contributed by atoms with Crippen molar-refractivity contribution in [2.24, 2.45) is 0 Å². The molecule has 0 unspecified atom stereocenters. The summed E-state index contributed by atoms with van der Waals surface area (Å²) in [5.74, 6) is -1.53. The number of rotatable bonds is 9. The molecule has 0 bridgehead atoms. The third-order valence-corrected chi connectivity index (χ3v) is 4.86. The molecule has 0 heterocycles. The normalized spacial score (nSPS) is 11.4. The number of sulfone groups is 1. The quantitative estimate of drug-likeness (QED) is 0.458. The molecule has 11 heteroatoms. The maximum absolute atomic E-state index is 12.3. The smallest absolute Gasteiger partial charge is 0.387 e. The topological polar surface area (TPSA) is 108 Å². The number of methoxy groups -OCH3 is 1. The Morgan fingerprint density at radius 2 is 1.77 bits per heavy atom. The highest BCUT2D eigenvalue weighted by atomic mass is 32.2. The van der Waals surface area contributed by atoms with Crippen LogP contribution in [0.25, 0.3) is 6.08 Å². The van der Waals surface area contributed by atoms with Crippen molar-refractivity contribution in [1.29, 1.82) is 0 Å². The van der Waals surface area contributed by atoms with Gasteiger partial charge in [0.1, 0.15) is 0 Å². The lowest BCUT2D eigenvalue weighted by Crippen LogP contribution is -2.20. The van der Waals surface area contributed by atoms with Gasteiger partial charge < -0.3 is 19.5 Å². The number of carbonyl (C=O) groups is 2. The van der Waals surface area contributed by atoms with Gasteiger partial charge >= 0.3 is 12.6 Å². The van der Waals surface area contributed by atoms with Crippen molar-refractivity contribution >= 4 is 33.5 Å². The van der Waals surface area contributed by atoms with Crippen molar-refractivity contribution < 1.29 is 41.0 Å². The zero-order chi connectivity index (χ0) is 23.0. The summed E-state index contributed by atoms with van der Waals surface area (Å²) < 4.78 is 61.6. The molecule has 1 N–H and O–H groups in total. The number of ether oxygens (including phenoxy) is 3. The standard InChI is InChI=1S/C20H19F2NO7S/c1-28-17-11-13(3-9-16(17)30-20(21)22)4-10-19(25)29-12-18(24)23-14-5-7-15(8-6-14)31(2,26)27/h3-11,20H,12H2,1-2H3,(H,23,24)/b10-4+. The summed E-state index contributed by atoms with van der Waals surface area (Å²) in [5, 5.41) is 2.46. The van der Waals surface area contributed by atoms with Gasteiger partial charge in [0.25, 0.3) is 5.91 Å². The van der Waals surface area contributed by atoms with Crippen molar-refractivity contribution in [2.45, 2.75) is 11.5 Å². The fraction of sp³-hybridized carbons (Fsp3) is 0.200. The molecule has 0 aliphatic carbocycles. The van der Waals surface area contributed by atoms with Crippen LogP contribution in [0, 0.1) is 0 Å². The SMILES string of the molecule is COc1cc(/C=C/C(=O)OCC(=O)Nc2ccc(S(C)(=O)=O)cc2)ccc1OC(F)F. The van der Waals surface area contributed by atoms with Gasteiger partial charge in [-0.2, -0.15) is 8.78 Å². The summed E-state index contributed by atoms with van der Waals surface area (Å²) >= 11 is 0. The summed E-state index contributed by atoms with van der Waals surface area (Å²) in [5.41, 5.74) is 0.785.